The minimum absolute atomic E-state index is 0.246. The lowest BCUT2D eigenvalue weighted by Gasteiger charge is -2.36. The number of terminal acetylenes is 1. The van der Waals surface area contributed by atoms with E-state index in [-0.39, 0.29) is 6.54 Å². The molecule has 0 saturated carbocycles. The lowest BCUT2D eigenvalue weighted by atomic mass is 10.1. The van der Waals surface area contributed by atoms with Crippen molar-refractivity contribution in [3.63, 3.8) is 0 Å². The first-order valence-electron chi connectivity index (χ1n) is 5.83. The Morgan fingerprint density at radius 2 is 2.26 bits per heavy atom. The zero-order valence-electron chi connectivity index (χ0n) is 10.9. The molecule has 3 amide bonds. The number of hydrogen-bond acceptors (Lipinski definition) is 3. The molecule has 3 N–H and O–H groups in total. The molecule has 0 aromatic heterocycles. The molecule has 1 unspecified atom stereocenters. The maximum absolute atomic E-state index is 12.1. The average molecular weight is 267 g/mol. The van der Waals surface area contributed by atoms with Gasteiger partial charge in [-0.15, -0.1) is 6.42 Å². The number of carboxylic acids is 1. The predicted octanol–water partition coefficient (Wildman–Crippen LogP) is -0.617. The van der Waals surface area contributed by atoms with Gasteiger partial charge in [0.2, 0.25) is 5.91 Å². The van der Waals surface area contributed by atoms with Crippen LogP contribution in [0.4, 0.5) is 4.79 Å². The molecule has 1 saturated heterocycles. The van der Waals surface area contributed by atoms with E-state index in [0.29, 0.717) is 6.54 Å². The number of nitrogens with zero attached hydrogens (tertiary/aromatic N) is 1. The Bertz CT molecular complexity index is 439. The number of carboxylic acid groups (broad SMARTS) is 1. The molecule has 0 spiro atoms. The summed E-state index contributed by atoms with van der Waals surface area (Å²) in [5, 5.41) is 13.9. The van der Waals surface area contributed by atoms with Gasteiger partial charge in [-0.25, -0.2) is 4.79 Å². The van der Waals surface area contributed by atoms with Crippen LogP contribution in [0.5, 0.6) is 0 Å². The van der Waals surface area contributed by atoms with Crippen molar-refractivity contribution < 1.29 is 19.5 Å². The van der Waals surface area contributed by atoms with Crippen molar-refractivity contribution >= 4 is 17.9 Å². The van der Waals surface area contributed by atoms with E-state index >= 15 is 0 Å². The molecule has 7 nitrogen and oxygen atoms in total. The summed E-state index contributed by atoms with van der Waals surface area (Å²) < 4.78 is 0. The third-order valence-corrected chi connectivity index (χ3v) is 2.74. The molecule has 0 aromatic carbocycles. The molecule has 19 heavy (non-hydrogen) atoms. The van der Waals surface area contributed by atoms with Crippen LogP contribution in [0, 0.1) is 12.3 Å². The highest BCUT2D eigenvalue weighted by atomic mass is 16.4. The summed E-state index contributed by atoms with van der Waals surface area (Å²) in [5.74, 6) is 0.790. The van der Waals surface area contributed by atoms with Crippen molar-refractivity contribution in [3.05, 3.63) is 0 Å². The highest BCUT2D eigenvalue weighted by molar-refractivity contribution is 5.91. The van der Waals surface area contributed by atoms with Gasteiger partial charge in [0, 0.05) is 13.1 Å². The lowest BCUT2D eigenvalue weighted by molar-refractivity contribution is -0.142. The Morgan fingerprint density at radius 3 is 2.79 bits per heavy atom. The second-order valence-electron chi connectivity index (χ2n) is 4.80. The summed E-state index contributed by atoms with van der Waals surface area (Å²) >= 11 is 0. The third-order valence-electron chi connectivity index (χ3n) is 2.74. The monoisotopic (exact) mass is 267 g/mol. The van der Waals surface area contributed by atoms with Gasteiger partial charge < -0.3 is 20.6 Å². The fourth-order valence-corrected chi connectivity index (χ4v) is 1.70. The van der Waals surface area contributed by atoms with Gasteiger partial charge in [-0.1, -0.05) is 5.92 Å². The van der Waals surface area contributed by atoms with Crippen LogP contribution in [0.2, 0.25) is 0 Å². The number of nitrogens with one attached hydrogen (secondary N) is 2. The van der Waals surface area contributed by atoms with Crippen LogP contribution in [0.1, 0.15) is 20.3 Å². The van der Waals surface area contributed by atoms with Crippen LogP contribution < -0.4 is 10.6 Å². The molecule has 0 radical (unpaired) electrons. The lowest BCUT2D eigenvalue weighted by Crippen LogP contribution is -2.61. The number of aliphatic carboxylic acids is 1. The Morgan fingerprint density at radius 1 is 1.63 bits per heavy atom. The van der Waals surface area contributed by atoms with Gasteiger partial charge in [-0.3, -0.25) is 9.59 Å². The Hall–Kier alpha value is -2.23. The van der Waals surface area contributed by atoms with E-state index < -0.39 is 35.9 Å². The first-order chi connectivity index (χ1) is 8.76. The molecule has 1 rings (SSSR count). The summed E-state index contributed by atoms with van der Waals surface area (Å²) in [6.07, 6.45) is 4.84. The van der Waals surface area contributed by atoms with E-state index in [1.807, 2.05) is 0 Å². The number of rotatable bonds is 3. The van der Waals surface area contributed by atoms with E-state index in [4.69, 9.17) is 11.5 Å². The smallest absolute Gasteiger partial charge is 0.319 e. The standard InChI is InChI=1S/C12H17N3O4/c1-4-12(2,3)14-11(19)15-6-5-13-10(18)8(15)7-9(16)17/h1,8H,5-7H2,2-3H3,(H,13,18)(H,14,19)(H,16,17). The van der Waals surface area contributed by atoms with Crippen LogP contribution in [-0.2, 0) is 9.59 Å². The highest BCUT2D eigenvalue weighted by Gasteiger charge is 2.36. The van der Waals surface area contributed by atoms with Crippen LogP contribution in [0.15, 0.2) is 0 Å². The Balaban J connectivity index is 2.83. The molecule has 1 heterocycles. The molecular formula is C12H17N3O4. The summed E-state index contributed by atoms with van der Waals surface area (Å²) in [4.78, 5) is 35.7. The molecule has 1 atom stereocenters. The molecule has 104 valence electrons. The molecule has 0 bridgehead atoms. The van der Waals surface area contributed by atoms with Crippen molar-refractivity contribution in [2.24, 2.45) is 0 Å². The van der Waals surface area contributed by atoms with Gasteiger partial charge in [-0.05, 0) is 13.8 Å². The van der Waals surface area contributed by atoms with Crippen LogP contribution in [-0.4, -0.2) is 52.6 Å². The SMILES string of the molecule is C#CC(C)(C)NC(=O)N1CCNC(=O)C1CC(=O)O. The van der Waals surface area contributed by atoms with E-state index in [0.717, 1.165) is 0 Å². The van der Waals surface area contributed by atoms with Crippen molar-refractivity contribution in [2.75, 3.05) is 13.1 Å². The largest absolute Gasteiger partial charge is 0.481 e. The molecule has 1 aliphatic rings. The molecule has 7 heteroatoms. The maximum Gasteiger partial charge on any atom is 0.319 e. The van der Waals surface area contributed by atoms with Gasteiger partial charge in [0.15, 0.2) is 0 Å². The number of hydrogen-bond donors (Lipinski definition) is 3. The van der Waals surface area contributed by atoms with Crippen molar-refractivity contribution in [1.29, 1.82) is 0 Å². The predicted molar refractivity (Wildman–Crippen MR) is 67.2 cm³/mol. The molecule has 0 aliphatic carbocycles. The molecule has 1 aliphatic heterocycles. The van der Waals surface area contributed by atoms with E-state index in [9.17, 15) is 14.4 Å². The Labute approximate surface area is 111 Å². The number of amides is 3. The summed E-state index contributed by atoms with van der Waals surface area (Å²) in [6.45, 7) is 3.82. The van der Waals surface area contributed by atoms with Gasteiger partial charge in [0.25, 0.3) is 0 Å². The minimum Gasteiger partial charge on any atom is -0.481 e. The van der Waals surface area contributed by atoms with Crippen LogP contribution in [0.3, 0.4) is 0 Å². The van der Waals surface area contributed by atoms with Crippen LogP contribution >= 0.6 is 0 Å². The maximum atomic E-state index is 12.1. The number of urea groups is 1. The molecular weight excluding hydrogens is 250 g/mol. The Kier molecular flexibility index (Phi) is 4.38. The highest BCUT2D eigenvalue weighted by Crippen LogP contribution is 2.11. The second-order valence-corrected chi connectivity index (χ2v) is 4.80. The summed E-state index contributed by atoms with van der Waals surface area (Å²) in [5.41, 5.74) is -0.862. The van der Waals surface area contributed by atoms with Gasteiger partial charge in [-0.2, -0.15) is 0 Å². The molecule has 1 fully saturated rings. The number of carbonyl (C=O) groups is 3. The first-order valence-corrected chi connectivity index (χ1v) is 5.83. The second kappa shape index (κ2) is 5.61. The fourth-order valence-electron chi connectivity index (χ4n) is 1.70. The summed E-state index contributed by atoms with van der Waals surface area (Å²) in [6, 6.07) is -1.55. The topological polar surface area (TPSA) is 98.7 Å². The van der Waals surface area contributed by atoms with E-state index in [2.05, 4.69) is 16.6 Å². The van der Waals surface area contributed by atoms with Crippen LogP contribution in [0.25, 0.3) is 0 Å². The van der Waals surface area contributed by atoms with Gasteiger partial charge >= 0.3 is 12.0 Å². The number of carbonyl (C=O) groups excluding carboxylic acids is 2. The fraction of sp³-hybridized carbons (Fsp3) is 0.583. The van der Waals surface area contributed by atoms with Crippen molar-refractivity contribution in [3.8, 4) is 12.3 Å². The minimum atomic E-state index is -1.14. The van der Waals surface area contributed by atoms with E-state index in [1.165, 1.54) is 4.90 Å². The number of piperazine rings is 1. The molecule has 0 aromatic rings. The zero-order valence-corrected chi connectivity index (χ0v) is 10.9. The summed E-state index contributed by atoms with van der Waals surface area (Å²) in [7, 11) is 0. The zero-order chi connectivity index (χ0) is 14.6. The third kappa shape index (κ3) is 3.88. The van der Waals surface area contributed by atoms with Crippen molar-refractivity contribution in [2.45, 2.75) is 31.8 Å². The quantitative estimate of drug-likeness (QED) is 0.594. The first kappa shape index (κ1) is 14.8. The van der Waals surface area contributed by atoms with Gasteiger partial charge in [0.1, 0.15) is 6.04 Å². The normalized spacial score (nSPS) is 19.3. The van der Waals surface area contributed by atoms with Crippen molar-refractivity contribution in [1.82, 2.24) is 15.5 Å². The average Bonchev–Trinajstić information content (AvgIpc) is 2.30. The van der Waals surface area contributed by atoms with E-state index in [1.54, 1.807) is 13.8 Å². The van der Waals surface area contributed by atoms with Gasteiger partial charge in [0.05, 0.1) is 12.0 Å².